The molecular weight excluding hydrogens is 244 g/mol. The zero-order chi connectivity index (χ0) is 12.6. The molecule has 1 aromatic heterocycles. The summed E-state index contributed by atoms with van der Waals surface area (Å²) in [6.45, 7) is 2.15. The van der Waals surface area contributed by atoms with Gasteiger partial charge in [-0.3, -0.25) is 5.10 Å². The highest BCUT2D eigenvalue weighted by Gasteiger charge is 2.40. The number of nitrogens with one attached hydrogen (secondary N) is 1. The third-order valence-corrected chi connectivity index (χ3v) is 5.19. The summed E-state index contributed by atoms with van der Waals surface area (Å²) in [5, 5.41) is 15.3. The topological polar surface area (TPSA) is 112 Å². The Hall–Kier alpha value is -1.12. The number of nitrogen functional groups attached to an aromatic ring is 1. The van der Waals surface area contributed by atoms with E-state index in [4.69, 9.17) is 5.73 Å². The van der Waals surface area contributed by atoms with Gasteiger partial charge in [0.2, 0.25) is 10.0 Å². The largest absolute Gasteiger partial charge is 0.395 e. The van der Waals surface area contributed by atoms with Crippen molar-refractivity contribution in [2.45, 2.75) is 24.3 Å². The van der Waals surface area contributed by atoms with Gasteiger partial charge in [0.05, 0.1) is 18.8 Å². The first kappa shape index (κ1) is 12.3. The van der Waals surface area contributed by atoms with Gasteiger partial charge in [0, 0.05) is 6.54 Å². The molecule has 0 aliphatic carbocycles. The van der Waals surface area contributed by atoms with Crippen LogP contribution in [-0.4, -0.2) is 47.2 Å². The molecule has 0 amide bonds. The van der Waals surface area contributed by atoms with Gasteiger partial charge in [0.1, 0.15) is 10.7 Å². The van der Waals surface area contributed by atoms with Crippen molar-refractivity contribution in [1.82, 2.24) is 14.5 Å². The van der Waals surface area contributed by atoms with Crippen molar-refractivity contribution in [3.63, 3.8) is 0 Å². The Morgan fingerprint density at radius 1 is 1.71 bits per heavy atom. The Balaban J connectivity index is 2.37. The van der Waals surface area contributed by atoms with Crippen LogP contribution >= 0.6 is 0 Å². The van der Waals surface area contributed by atoms with Gasteiger partial charge in [0.15, 0.2) is 0 Å². The normalized spacial score (nSPS) is 26.5. The second-order valence-corrected chi connectivity index (χ2v) is 6.14. The molecule has 8 heteroatoms. The van der Waals surface area contributed by atoms with Crippen LogP contribution in [0.25, 0.3) is 0 Å². The first-order chi connectivity index (χ1) is 7.98. The second-order valence-electron chi connectivity index (χ2n) is 4.28. The summed E-state index contributed by atoms with van der Waals surface area (Å²) in [7, 11) is -3.67. The van der Waals surface area contributed by atoms with Gasteiger partial charge < -0.3 is 10.8 Å². The molecule has 0 saturated carbocycles. The quantitative estimate of drug-likeness (QED) is 0.670. The van der Waals surface area contributed by atoms with Crippen molar-refractivity contribution >= 4 is 15.8 Å². The van der Waals surface area contributed by atoms with E-state index in [0.717, 1.165) is 6.42 Å². The molecule has 1 fully saturated rings. The van der Waals surface area contributed by atoms with Crippen molar-refractivity contribution in [2.75, 3.05) is 18.9 Å². The van der Waals surface area contributed by atoms with Crippen LogP contribution in [0.2, 0.25) is 0 Å². The number of sulfonamides is 1. The van der Waals surface area contributed by atoms with Crippen molar-refractivity contribution in [3.05, 3.63) is 6.20 Å². The summed E-state index contributed by atoms with van der Waals surface area (Å²) < 4.78 is 25.9. The minimum absolute atomic E-state index is 0.0231. The van der Waals surface area contributed by atoms with Crippen LogP contribution in [0.1, 0.15) is 13.3 Å². The van der Waals surface area contributed by atoms with E-state index in [-0.39, 0.29) is 29.3 Å². The highest BCUT2D eigenvalue weighted by molar-refractivity contribution is 7.89. The van der Waals surface area contributed by atoms with Crippen molar-refractivity contribution in [2.24, 2.45) is 5.92 Å². The Kier molecular flexibility index (Phi) is 3.11. The molecule has 17 heavy (non-hydrogen) atoms. The maximum Gasteiger partial charge on any atom is 0.248 e. The molecule has 1 aliphatic rings. The average Bonchev–Trinajstić information content (AvgIpc) is 2.84. The van der Waals surface area contributed by atoms with E-state index in [1.165, 1.54) is 10.5 Å². The maximum atomic E-state index is 12.3. The third-order valence-electron chi connectivity index (χ3n) is 3.24. The van der Waals surface area contributed by atoms with Gasteiger partial charge in [-0.15, -0.1) is 0 Å². The first-order valence-corrected chi connectivity index (χ1v) is 6.84. The molecule has 7 nitrogen and oxygen atoms in total. The van der Waals surface area contributed by atoms with Gasteiger partial charge in [-0.05, 0) is 12.3 Å². The van der Waals surface area contributed by atoms with Crippen LogP contribution in [0.4, 0.5) is 5.82 Å². The van der Waals surface area contributed by atoms with Crippen LogP contribution in [-0.2, 0) is 10.0 Å². The number of aliphatic hydroxyl groups is 1. The van der Waals surface area contributed by atoms with Gasteiger partial charge in [0.25, 0.3) is 0 Å². The lowest BCUT2D eigenvalue weighted by Crippen LogP contribution is -2.39. The maximum absolute atomic E-state index is 12.3. The minimum Gasteiger partial charge on any atom is -0.395 e. The SMILES string of the molecule is CC1CCN(S(=O)(=O)c2cn[nH]c2N)C1CO. The third kappa shape index (κ3) is 1.92. The molecule has 2 atom stereocenters. The number of aliphatic hydroxyl groups excluding tert-OH is 1. The van der Waals surface area contributed by atoms with Crippen molar-refractivity contribution < 1.29 is 13.5 Å². The molecule has 0 aromatic carbocycles. The van der Waals surface area contributed by atoms with E-state index in [2.05, 4.69) is 10.2 Å². The standard InChI is InChI=1S/C9H16N4O3S/c1-6-2-3-13(7(6)5-14)17(15,16)8-4-11-12-9(8)10/h4,6-7,14H,2-3,5H2,1H3,(H3,10,11,12). The van der Waals surface area contributed by atoms with Crippen LogP contribution in [0.15, 0.2) is 11.1 Å². The molecule has 2 heterocycles. The van der Waals surface area contributed by atoms with Crippen LogP contribution in [0.3, 0.4) is 0 Å². The number of hydrogen-bond donors (Lipinski definition) is 3. The predicted molar refractivity (Wildman–Crippen MR) is 61.5 cm³/mol. The molecule has 0 spiro atoms. The molecule has 96 valence electrons. The number of nitrogens with zero attached hydrogens (tertiary/aromatic N) is 2. The zero-order valence-corrected chi connectivity index (χ0v) is 10.3. The Bertz CT molecular complexity index is 498. The second kappa shape index (κ2) is 4.28. The number of anilines is 1. The van der Waals surface area contributed by atoms with Crippen LogP contribution in [0.5, 0.6) is 0 Å². The average molecular weight is 260 g/mol. The highest BCUT2D eigenvalue weighted by atomic mass is 32.2. The number of aromatic nitrogens is 2. The van der Waals surface area contributed by atoms with Gasteiger partial charge in [-0.1, -0.05) is 6.92 Å². The molecule has 0 radical (unpaired) electrons. The van der Waals surface area contributed by atoms with E-state index in [1.807, 2.05) is 6.92 Å². The summed E-state index contributed by atoms with van der Waals surface area (Å²) in [6, 6.07) is -0.380. The van der Waals surface area contributed by atoms with Crippen molar-refractivity contribution in [3.8, 4) is 0 Å². The number of H-pyrrole nitrogens is 1. The van der Waals surface area contributed by atoms with Crippen LogP contribution in [0, 0.1) is 5.92 Å². The number of nitrogens with two attached hydrogens (primary N) is 1. The Labute approximate surface area is 99.7 Å². The molecule has 1 aliphatic heterocycles. The smallest absolute Gasteiger partial charge is 0.248 e. The van der Waals surface area contributed by atoms with Crippen LogP contribution < -0.4 is 5.73 Å². The summed E-state index contributed by atoms with van der Waals surface area (Å²) in [5.74, 6) is 0.171. The fraction of sp³-hybridized carbons (Fsp3) is 0.667. The molecule has 2 rings (SSSR count). The first-order valence-electron chi connectivity index (χ1n) is 5.40. The lowest BCUT2D eigenvalue weighted by Gasteiger charge is -2.23. The molecule has 4 N–H and O–H groups in total. The van der Waals surface area contributed by atoms with E-state index < -0.39 is 10.0 Å². The molecule has 2 unspecified atom stereocenters. The molecular formula is C9H16N4O3S. The summed E-state index contributed by atoms with van der Waals surface area (Å²) in [4.78, 5) is -0.0231. The van der Waals surface area contributed by atoms with E-state index in [9.17, 15) is 13.5 Å². The molecule has 0 bridgehead atoms. The summed E-state index contributed by atoms with van der Waals surface area (Å²) in [6.07, 6.45) is 1.93. The predicted octanol–water partition coefficient (Wildman–Crippen LogP) is -0.617. The monoisotopic (exact) mass is 260 g/mol. The fourth-order valence-electron chi connectivity index (χ4n) is 2.16. The number of aromatic amines is 1. The van der Waals surface area contributed by atoms with E-state index in [1.54, 1.807) is 0 Å². The fourth-order valence-corrected chi connectivity index (χ4v) is 3.90. The number of rotatable bonds is 3. The summed E-state index contributed by atoms with van der Waals surface area (Å²) in [5.41, 5.74) is 5.53. The van der Waals surface area contributed by atoms with Gasteiger partial charge in [-0.25, -0.2) is 8.42 Å². The van der Waals surface area contributed by atoms with E-state index >= 15 is 0 Å². The molecule has 1 saturated heterocycles. The minimum atomic E-state index is -3.67. The lowest BCUT2D eigenvalue weighted by molar-refractivity contribution is 0.191. The number of hydrogen-bond acceptors (Lipinski definition) is 5. The Morgan fingerprint density at radius 3 is 2.94 bits per heavy atom. The lowest BCUT2D eigenvalue weighted by atomic mass is 10.0. The Morgan fingerprint density at radius 2 is 2.41 bits per heavy atom. The highest BCUT2D eigenvalue weighted by Crippen LogP contribution is 2.30. The zero-order valence-electron chi connectivity index (χ0n) is 9.50. The molecule has 1 aromatic rings. The van der Waals surface area contributed by atoms with Gasteiger partial charge >= 0.3 is 0 Å². The van der Waals surface area contributed by atoms with E-state index in [0.29, 0.717) is 6.54 Å². The van der Waals surface area contributed by atoms with Gasteiger partial charge in [-0.2, -0.15) is 9.40 Å². The van der Waals surface area contributed by atoms with Crippen molar-refractivity contribution in [1.29, 1.82) is 0 Å². The summed E-state index contributed by atoms with van der Waals surface area (Å²) >= 11 is 0.